The van der Waals surface area contributed by atoms with E-state index in [9.17, 15) is 0 Å². The molecule has 0 aromatic heterocycles. The molecule has 14 heteroatoms. The zero-order valence-electron chi connectivity index (χ0n) is 37.0. The van der Waals surface area contributed by atoms with Crippen LogP contribution in [0.1, 0.15) is 0 Å². The van der Waals surface area contributed by atoms with Gasteiger partial charge in [-0.25, -0.2) is 0 Å². The summed E-state index contributed by atoms with van der Waals surface area (Å²) < 4.78 is 0. The number of rotatable bonds is 13. The zero-order valence-corrected chi connectivity index (χ0v) is 51.0. The molecular weight excluding hydrogens is 754 g/mol. The molecule has 0 atom stereocenters. The molecule has 0 aliphatic carbocycles. The summed E-state index contributed by atoms with van der Waals surface area (Å²) in [6, 6.07) is 0. The normalized spacial score (nSPS) is 17.3. The van der Waals surface area contributed by atoms with Crippen LogP contribution in [0.4, 0.5) is 0 Å². The van der Waals surface area contributed by atoms with Crippen LogP contribution in [-0.2, 0) is 0 Å². The summed E-state index contributed by atoms with van der Waals surface area (Å²) in [5, 5.41) is 0. The fourth-order valence-corrected chi connectivity index (χ4v) is 693. The van der Waals surface area contributed by atoms with Gasteiger partial charge in [-0.3, -0.25) is 0 Å². The highest BCUT2D eigenvalue weighted by Gasteiger charge is 2.83. The van der Waals surface area contributed by atoms with E-state index >= 15 is 0 Å². The Kier molecular flexibility index (Phi) is 13.2. The van der Waals surface area contributed by atoms with Crippen LogP contribution in [0.5, 0.6) is 0 Å². The standard InChI is InChI=1S/C30H90Si14/c1-31(2,3)41(28,32(4,5)6)38(22,23)43(30,39(24,25)42(29,33(7,8)9)34(10,11)12)40(26,27)44(35(13,14)15,36(16,17)18)37(19,20)21/h1-30H3. The van der Waals surface area contributed by atoms with E-state index < -0.39 is 100 Å². The molecule has 0 unspecified atom stereocenters. The van der Waals surface area contributed by atoms with Gasteiger partial charge in [0.1, 0.15) is 0 Å². The van der Waals surface area contributed by atoms with Crippen molar-refractivity contribution in [2.24, 2.45) is 0 Å². The molecule has 0 fully saturated rings. The maximum absolute atomic E-state index is 3.37. The smallest absolute Gasteiger partial charge is 0.0331 e. The maximum Gasteiger partial charge on any atom is 0.0331 e. The Bertz CT molecular complexity index is 913. The first-order valence-electron chi connectivity index (χ1n) is 18.2. The van der Waals surface area contributed by atoms with Gasteiger partial charge in [0.2, 0.25) is 0 Å². The van der Waals surface area contributed by atoms with Crippen LogP contribution in [0.3, 0.4) is 0 Å². The van der Waals surface area contributed by atoms with Crippen molar-refractivity contribution in [3.8, 4) is 0 Å². The quantitative estimate of drug-likeness (QED) is 0.162. The van der Waals surface area contributed by atoms with E-state index in [-0.39, 0.29) is 0 Å². The van der Waals surface area contributed by atoms with Gasteiger partial charge in [-0.15, -0.1) is 0 Å². The summed E-state index contributed by atoms with van der Waals surface area (Å²) in [5.41, 5.74) is 0. The van der Waals surface area contributed by atoms with Gasteiger partial charge in [0, 0.05) is 100 Å². The van der Waals surface area contributed by atoms with E-state index in [1.54, 1.807) is 0 Å². The highest BCUT2D eigenvalue weighted by atomic mass is 30.4. The molecule has 266 valence electrons. The number of hydrogen-bond donors (Lipinski definition) is 0. The largest absolute Gasteiger partial charge is 0.0753 e. The Morgan fingerprint density at radius 2 is 0.318 bits per heavy atom. The Balaban J connectivity index is 9.59. The van der Waals surface area contributed by atoms with Gasteiger partial charge in [0.15, 0.2) is 0 Å². The van der Waals surface area contributed by atoms with Crippen LogP contribution in [-0.4, -0.2) is 100 Å². The van der Waals surface area contributed by atoms with Gasteiger partial charge in [-0.05, 0) is 0 Å². The van der Waals surface area contributed by atoms with Gasteiger partial charge in [0.25, 0.3) is 0 Å². The van der Waals surface area contributed by atoms with Crippen molar-refractivity contribution < 1.29 is 0 Å². The lowest BCUT2D eigenvalue weighted by atomic mass is 11.8. The van der Waals surface area contributed by atoms with Gasteiger partial charge < -0.3 is 0 Å². The Morgan fingerprint density at radius 3 is 0.432 bits per heavy atom. The van der Waals surface area contributed by atoms with Crippen molar-refractivity contribution >= 4 is 100 Å². The minimum Gasteiger partial charge on any atom is -0.0753 e. The van der Waals surface area contributed by atoms with E-state index in [2.05, 4.69) is 196 Å². The van der Waals surface area contributed by atoms with E-state index in [4.69, 9.17) is 0 Å². The first-order valence-corrected chi connectivity index (χ1v) is 74.2. The number of hydrogen-bond acceptors (Lipinski definition) is 0. The molecule has 0 aromatic rings. The summed E-state index contributed by atoms with van der Waals surface area (Å²) in [6.07, 6.45) is -1.58. The van der Waals surface area contributed by atoms with E-state index in [1.807, 2.05) is 0 Å². The van der Waals surface area contributed by atoms with Crippen LogP contribution >= 0.6 is 0 Å². The van der Waals surface area contributed by atoms with Crippen LogP contribution in [0, 0.1) is 0 Å². The fraction of sp³-hybridized carbons (Fsp3) is 1.00. The van der Waals surface area contributed by atoms with Crippen molar-refractivity contribution in [1.82, 2.24) is 0 Å². The van der Waals surface area contributed by atoms with Gasteiger partial charge in [0.05, 0.1) is 0 Å². The maximum atomic E-state index is 3.37. The summed E-state index contributed by atoms with van der Waals surface area (Å²) in [7, 11) is -14.8. The lowest BCUT2D eigenvalue weighted by molar-refractivity contribution is 1.72. The third-order valence-corrected chi connectivity index (χ3v) is 392. The molecule has 0 saturated carbocycles. The molecule has 0 nitrogen and oxygen atoms in total. The highest BCUT2D eigenvalue weighted by molar-refractivity contribution is 8.28. The summed E-state index contributed by atoms with van der Waals surface area (Å²) in [6.45, 7) is 86.1. The lowest BCUT2D eigenvalue weighted by Gasteiger charge is -2.78. The molecule has 0 aliphatic heterocycles. The van der Waals surface area contributed by atoms with Gasteiger partial charge in [-0.2, -0.15) is 0 Å². The van der Waals surface area contributed by atoms with E-state index in [0.717, 1.165) is 0 Å². The predicted octanol–water partition coefficient (Wildman–Crippen LogP) is 12.2. The molecule has 0 radical (unpaired) electrons. The van der Waals surface area contributed by atoms with E-state index in [0.29, 0.717) is 0 Å². The monoisotopic (exact) mass is 842 g/mol. The van der Waals surface area contributed by atoms with Gasteiger partial charge in [-0.1, -0.05) is 196 Å². The third-order valence-electron chi connectivity index (χ3n) is 16.6. The Labute approximate surface area is 294 Å². The van der Waals surface area contributed by atoms with Crippen molar-refractivity contribution in [1.29, 1.82) is 0 Å². The molecule has 0 heterocycles. The van der Waals surface area contributed by atoms with Crippen molar-refractivity contribution in [3.63, 3.8) is 0 Å². The second kappa shape index (κ2) is 12.3. The van der Waals surface area contributed by atoms with Crippen molar-refractivity contribution in [2.75, 3.05) is 0 Å². The minimum absolute atomic E-state index is 1.37. The molecule has 0 N–H and O–H groups in total. The van der Waals surface area contributed by atoms with Crippen molar-refractivity contribution in [2.45, 2.75) is 196 Å². The SMILES string of the molecule is C[Si](C)(C)[Si](C)([Si](C)(C)C)[Si](C)(C)[Si](C)([Si](C)(C)[Si](C)([Si](C)(C)C)[Si](C)(C)C)[Si](C)(C)[Si]([Si](C)(C)C)([Si](C)(C)C)[Si](C)(C)C. The van der Waals surface area contributed by atoms with Gasteiger partial charge >= 0.3 is 0 Å². The minimum atomic E-state index is -1.76. The topological polar surface area (TPSA) is 0 Å². The molecule has 0 rings (SSSR count). The molecule has 0 saturated heterocycles. The van der Waals surface area contributed by atoms with Crippen molar-refractivity contribution in [3.05, 3.63) is 0 Å². The second-order valence-electron chi connectivity index (χ2n) is 24.8. The molecular formula is C30H90Si14. The Hall–Kier alpha value is 3.04. The van der Waals surface area contributed by atoms with Crippen LogP contribution in [0.15, 0.2) is 0 Å². The molecule has 0 aliphatic rings. The van der Waals surface area contributed by atoms with Crippen LogP contribution < -0.4 is 0 Å². The molecule has 0 bridgehead atoms. The first-order chi connectivity index (χ1) is 18.2. The lowest BCUT2D eigenvalue weighted by Crippen LogP contribution is -3.08. The molecule has 0 amide bonds. The zero-order chi connectivity index (χ0) is 37.0. The molecule has 0 spiro atoms. The van der Waals surface area contributed by atoms with E-state index in [1.165, 1.54) is 0 Å². The third kappa shape index (κ3) is 6.06. The second-order valence-corrected chi connectivity index (χ2v) is 191. The summed E-state index contributed by atoms with van der Waals surface area (Å²) >= 11 is 0. The predicted molar refractivity (Wildman–Crippen MR) is 256 cm³/mol. The molecule has 44 heavy (non-hydrogen) atoms. The van der Waals surface area contributed by atoms with Crippen LogP contribution in [0.2, 0.25) is 196 Å². The average molecular weight is 844 g/mol. The highest BCUT2D eigenvalue weighted by Crippen LogP contribution is 2.56. The average Bonchev–Trinajstić information content (AvgIpc) is 2.64. The molecule has 0 aromatic carbocycles. The Morgan fingerprint density at radius 1 is 0.159 bits per heavy atom. The van der Waals surface area contributed by atoms with Crippen LogP contribution in [0.25, 0.3) is 0 Å². The summed E-state index contributed by atoms with van der Waals surface area (Å²) in [5.74, 6) is 0. The summed E-state index contributed by atoms with van der Waals surface area (Å²) in [4.78, 5) is 0. The fourth-order valence-electron chi connectivity index (χ4n) is 15.9. The first kappa shape index (κ1) is 47.0.